The lowest BCUT2D eigenvalue weighted by Gasteiger charge is -2.26. The van der Waals surface area contributed by atoms with Gasteiger partial charge in [-0.3, -0.25) is 18.7 Å². The Hall–Kier alpha value is -5.75. The number of aromatic nitrogens is 5. The summed E-state index contributed by atoms with van der Waals surface area (Å²) >= 11 is 0. The summed E-state index contributed by atoms with van der Waals surface area (Å²) in [6.07, 6.45) is 5.28. The molecule has 0 atom stereocenters. The maximum Gasteiger partial charge on any atom is 0.271 e. The van der Waals surface area contributed by atoms with Crippen molar-refractivity contribution in [3.63, 3.8) is 0 Å². The fourth-order valence-corrected chi connectivity index (χ4v) is 7.43. The maximum atomic E-state index is 9.00. The van der Waals surface area contributed by atoms with Crippen LogP contribution in [0.25, 0.3) is 50.2 Å². The minimum atomic E-state index is -1.93. The van der Waals surface area contributed by atoms with Crippen molar-refractivity contribution in [2.45, 2.75) is 98.8 Å². The Labute approximate surface area is 342 Å². The van der Waals surface area contributed by atoms with Crippen LogP contribution in [0.2, 0.25) is 0 Å². The zero-order valence-electron chi connectivity index (χ0n) is 38.1. The van der Waals surface area contributed by atoms with Gasteiger partial charge in [0.1, 0.15) is 17.3 Å². The fourth-order valence-electron chi connectivity index (χ4n) is 7.43. The van der Waals surface area contributed by atoms with Crippen LogP contribution >= 0.6 is 0 Å². The normalized spacial score (nSPS) is 13.9. The first-order valence-corrected chi connectivity index (χ1v) is 19.8. The quantitative estimate of drug-likeness (QED) is 0.120. The second-order valence-electron chi connectivity index (χ2n) is 18.5. The first kappa shape index (κ1) is 34.5. The van der Waals surface area contributed by atoms with Crippen LogP contribution < -0.4 is 9.30 Å². The number of imidazole rings is 1. The summed E-state index contributed by atoms with van der Waals surface area (Å²) in [4.78, 5) is 9.66. The number of fused-ring (bicyclic) bond motifs is 4. The highest BCUT2D eigenvalue weighted by molar-refractivity contribution is 6.09. The highest BCUT2D eigenvalue weighted by Gasteiger charge is 2.23. The molecule has 4 aromatic heterocycles. The summed E-state index contributed by atoms with van der Waals surface area (Å²) < 4.78 is 39.5. The summed E-state index contributed by atoms with van der Waals surface area (Å²) in [5.74, 6) is 1.26. The number of hydrogen-bond acceptors (Lipinski definition) is 3. The Bertz CT molecular complexity index is 2900. The zero-order chi connectivity index (χ0) is 43.2. The Kier molecular flexibility index (Phi) is 8.48. The molecule has 57 heavy (non-hydrogen) atoms. The molecule has 0 unspecified atom stereocenters. The van der Waals surface area contributed by atoms with Crippen LogP contribution in [0.5, 0.6) is 11.5 Å². The minimum Gasteiger partial charge on any atom is -0.458 e. The van der Waals surface area contributed by atoms with Crippen LogP contribution in [0.4, 0.5) is 0 Å². The molecule has 290 valence electrons. The molecule has 0 saturated carbocycles. The van der Waals surface area contributed by atoms with Gasteiger partial charge in [0.15, 0.2) is 5.82 Å². The van der Waals surface area contributed by atoms with Crippen LogP contribution in [0.1, 0.15) is 103 Å². The number of hydrogen-bond donors (Lipinski definition) is 0. The van der Waals surface area contributed by atoms with E-state index in [-0.39, 0.29) is 16.2 Å². The molecule has 0 saturated heterocycles. The average molecular weight is 757 g/mol. The second-order valence-corrected chi connectivity index (χ2v) is 18.5. The van der Waals surface area contributed by atoms with Crippen LogP contribution in [0, 0.1) is 12.2 Å². The van der Waals surface area contributed by atoms with E-state index in [9.17, 15) is 0 Å². The van der Waals surface area contributed by atoms with E-state index < -0.39 is 12.3 Å². The Morgan fingerprint density at radius 3 is 2.00 bits per heavy atom. The van der Waals surface area contributed by atoms with Gasteiger partial charge in [-0.1, -0.05) is 118 Å². The molecule has 0 aliphatic heterocycles. The summed E-state index contributed by atoms with van der Waals surface area (Å²) in [6.45, 7) is 23.2. The van der Waals surface area contributed by atoms with Crippen molar-refractivity contribution in [2.24, 2.45) is 5.89 Å². The molecule has 0 fully saturated rings. The first-order valence-electron chi connectivity index (χ1n) is 21.3. The predicted octanol–water partition coefficient (Wildman–Crippen LogP) is 12.5. The van der Waals surface area contributed by atoms with E-state index in [2.05, 4.69) is 140 Å². The van der Waals surface area contributed by atoms with Crippen molar-refractivity contribution < 1.29 is 13.4 Å². The Morgan fingerprint density at radius 2 is 1.30 bits per heavy atom. The topological polar surface area (TPSA) is 48.8 Å². The lowest BCUT2D eigenvalue weighted by atomic mass is 9.80. The van der Waals surface area contributed by atoms with Gasteiger partial charge in [0.25, 0.3) is 6.33 Å². The smallest absolute Gasteiger partial charge is 0.271 e. The van der Waals surface area contributed by atoms with Gasteiger partial charge < -0.3 is 4.74 Å². The molecule has 0 bridgehead atoms. The van der Waals surface area contributed by atoms with E-state index in [0.29, 0.717) is 28.4 Å². The van der Waals surface area contributed by atoms with Gasteiger partial charge in [0.2, 0.25) is 0 Å². The van der Waals surface area contributed by atoms with E-state index in [4.69, 9.17) is 18.8 Å². The summed E-state index contributed by atoms with van der Waals surface area (Å²) in [6, 6.07) is 34.8. The van der Waals surface area contributed by atoms with Crippen molar-refractivity contribution >= 4 is 32.8 Å². The van der Waals surface area contributed by atoms with Crippen molar-refractivity contribution in [2.75, 3.05) is 0 Å². The van der Waals surface area contributed by atoms with Crippen LogP contribution in [-0.4, -0.2) is 19.1 Å². The van der Waals surface area contributed by atoms with E-state index in [0.717, 1.165) is 38.8 Å². The number of nitrogens with zero attached hydrogens (tertiary/aromatic N) is 5. The molecule has 8 rings (SSSR count). The number of ether oxygens (including phenoxy) is 1. The van der Waals surface area contributed by atoms with Gasteiger partial charge in [-0.05, 0) is 99.8 Å². The molecule has 0 radical (unpaired) electrons. The maximum absolute atomic E-state index is 9.00. The summed E-state index contributed by atoms with van der Waals surface area (Å²) in [5, 5.41) is 2.24. The monoisotopic (exact) mass is 756 g/mol. The van der Waals surface area contributed by atoms with Crippen LogP contribution in [0.15, 0.2) is 116 Å². The van der Waals surface area contributed by atoms with Gasteiger partial charge in [0.05, 0.1) is 27.8 Å². The second kappa shape index (κ2) is 14.0. The number of para-hydroxylation sites is 1. The minimum absolute atomic E-state index is 0.0390. The standard InChI is InChI=1S/C51H55N5O/c1-33(2)24-34-16-19-44-46(25-34)55(32-54(44)38-27-36(50(6,7)8)26-37(28-38)51(9,10)11)47-31-40(21-23-52-47)57-39-17-18-42-41-14-12-13-15-43(41)56(45(42)30-39)48-29-35(20-22-53-48)49(3,4)5/h12-23,25-31,33H,24H2,1-11H3/i24D2,33D. The number of benzene rings is 4. The molecule has 0 N–H and O–H groups in total. The highest BCUT2D eigenvalue weighted by atomic mass is 16.5. The lowest BCUT2D eigenvalue weighted by molar-refractivity contribution is -0.572. The van der Waals surface area contributed by atoms with Gasteiger partial charge in [-0.2, -0.15) is 0 Å². The lowest BCUT2D eigenvalue weighted by Crippen LogP contribution is -2.31. The number of rotatable bonds is 7. The molecule has 6 nitrogen and oxygen atoms in total. The molecule has 6 heteroatoms. The van der Waals surface area contributed by atoms with Crippen molar-refractivity contribution in [1.82, 2.24) is 19.1 Å². The molecule has 8 aromatic rings. The van der Waals surface area contributed by atoms with Crippen LogP contribution in [0.3, 0.4) is 0 Å². The summed E-state index contributed by atoms with van der Waals surface area (Å²) in [7, 11) is 0. The van der Waals surface area contributed by atoms with Crippen molar-refractivity contribution in [3.05, 3.63) is 144 Å². The fraction of sp³-hybridized carbons (Fsp3) is 0.314. The average Bonchev–Trinajstić information content (AvgIpc) is 3.72. The highest BCUT2D eigenvalue weighted by Crippen LogP contribution is 2.37. The van der Waals surface area contributed by atoms with Crippen molar-refractivity contribution in [1.29, 1.82) is 0 Å². The molecule has 0 aliphatic carbocycles. The van der Waals surface area contributed by atoms with E-state index >= 15 is 0 Å². The molecule has 0 spiro atoms. The molecule has 4 aromatic carbocycles. The van der Waals surface area contributed by atoms with E-state index in [1.54, 1.807) is 26.1 Å². The zero-order valence-corrected chi connectivity index (χ0v) is 35.1. The van der Waals surface area contributed by atoms with Crippen LogP contribution in [-0.2, 0) is 22.6 Å². The molecule has 0 amide bonds. The first-order chi connectivity index (χ1) is 28.0. The Balaban J connectivity index is 1.27. The molecule has 0 aliphatic rings. The summed E-state index contributed by atoms with van der Waals surface area (Å²) in [5.41, 5.74) is 8.33. The molecular weight excluding hydrogens is 699 g/mol. The Morgan fingerprint density at radius 1 is 0.649 bits per heavy atom. The van der Waals surface area contributed by atoms with Crippen molar-refractivity contribution in [3.8, 4) is 28.8 Å². The van der Waals surface area contributed by atoms with E-state index in [1.807, 2.05) is 45.7 Å². The van der Waals surface area contributed by atoms with E-state index in [1.165, 1.54) is 16.7 Å². The largest absolute Gasteiger partial charge is 0.458 e. The molecular formula is C51H55N5O. The molecule has 4 heterocycles. The third kappa shape index (κ3) is 7.46. The number of pyridine rings is 2. The van der Waals surface area contributed by atoms with Gasteiger partial charge >= 0.3 is 0 Å². The predicted molar refractivity (Wildman–Crippen MR) is 235 cm³/mol. The SMILES string of the molecule is [2H]C(C)(C)C([2H])([2H])c1ccc2c(c1)n(-c1cc(Oc3ccc4c5ccccc5n(-c5cc(C(C)(C)C)ccn5)c4c3)ccn1)[c-][n+]2-c1cc(C(C)(C)C)cc(C(C)(C)C)c1. The van der Waals surface area contributed by atoms with Gasteiger partial charge in [-0.15, -0.1) is 0 Å². The van der Waals surface area contributed by atoms with Gasteiger partial charge in [-0.25, -0.2) is 4.98 Å². The third-order valence-electron chi connectivity index (χ3n) is 10.6. The van der Waals surface area contributed by atoms with Gasteiger partial charge in [0, 0.05) is 39.4 Å². The third-order valence-corrected chi connectivity index (χ3v) is 10.6.